The summed E-state index contributed by atoms with van der Waals surface area (Å²) in [5.41, 5.74) is 1.57. The molecule has 0 spiro atoms. The summed E-state index contributed by atoms with van der Waals surface area (Å²) in [5, 5.41) is 0. The Hall–Kier alpha value is -2.93. The first-order chi connectivity index (χ1) is 12.8. The van der Waals surface area contributed by atoms with Crippen molar-refractivity contribution in [3.8, 4) is 0 Å². The summed E-state index contributed by atoms with van der Waals surface area (Å²) in [6.45, 7) is 4.29. The van der Waals surface area contributed by atoms with Gasteiger partial charge in [0.25, 0.3) is 11.8 Å². The number of aryl methyl sites for hydroxylation is 2. The fourth-order valence-electron chi connectivity index (χ4n) is 2.60. The van der Waals surface area contributed by atoms with Gasteiger partial charge in [0.05, 0.1) is 6.54 Å². The van der Waals surface area contributed by atoms with Crippen LogP contribution in [0.15, 0.2) is 52.0 Å². The molecule has 7 heteroatoms. The van der Waals surface area contributed by atoms with Crippen molar-refractivity contribution in [3.63, 3.8) is 0 Å². The van der Waals surface area contributed by atoms with Crippen LogP contribution in [0, 0.1) is 13.8 Å². The number of carbonyl (C=O) groups is 2. The third kappa shape index (κ3) is 4.43. The molecule has 1 aromatic carbocycles. The number of carbonyl (C=O) groups excluding carboxylic acids is 2. The molecule has 0 saturated carbocycles. The van der Waals surface area contributed by atoms with Gasteiger partial charge in [0, 0.05) is 30.7 Å². The molecule has 0 N–H and O–H groups in total. The zero-order valence-electron chi connectivity index (χ0n) is 15.7. The van der Waals surface area contributed by atoms with Gasteiger partial charge in [-0.3, -0.25) is 9.59 Å². The van der Waals surface area contributed by atoms with E-state index in [9.17, 15) is 9.59 Å². The Morgan fingerprint density at radius 1 is 1.19 bits per heavy atom. The number of hydrogen-bond donors (Lipinski definition) is 0. The molecule has 3 rings (SSSR count). The third-order valence-corrected chi connectivity index (χ3v) is 4.84. The molecule has 2 aromatic heterocycles. The molecule has 0 fully saturated rings. The molecule has 3 aromatic rings. The Balaban J connectivity index is 1.88. The summed E-state index contributed by atoms with van der Waals surface area (Å²) in [7, 11) is 3.35. The lowest BCUT2D eigenvalue weighted by Crippen LogP contribution is -2.21. The fourth-order valence-corrected chi connectivity index (χ4v) is 3.43. The summed E-state index contributed by atoms with van der Waals surface area (Å²) in [6.07, 6.45) is 1.92. The minimum Gasteiger partial charge on any atom is -0.454 e. The zero-order chi connectivity index (χ0) is 19.6. The summed E-state index contributed by atoms with van der Waals surface area (Å²) < 4.78 is 7.50. The van der Waals surface area contributed by atoms with Crippen LogP contribution < -0.4 is 4.80 Å². The zero-order valence-corrected chi connectivity index (χ0v) is 16.5. The first-order valence-corrected chi connectivity index (χ1v) is 9.28. The second-order valence-electron chi connectivity index (χ2n) is 6.50. The minimum atomic E-state index is -0.280. The van der Waals surface area contributed by atoms with E-state index in [1.54, 1.807) is 32.3 Å². The van der Waals surface area contributed by atoms with Crippen LogP contribution in [0.3, 0.4) is 0 Å². The van der Waals surface area contributed by atoms with Crippen LogP contribution in [0.2, 0.25) is 0 Å². The SMILES string of the molecule is Cc1cccc(C(=O)N=c2sc(C)cn2Cc2ccc(C(=O)N(C)C)o2)c1. The van der Waals surface area contributed by atoms with Crippen LogP contribution in [0.5, 0.6) is 0 Å². The Morgan fingerprint density at radius 2 is 1.96 bits per heavy atom. The van der Waals surface area contributed by atoms with Gasteiger partial charge < -0.3 is 13.9 Å². The lowest BCUT2D eigenvalue weighted by molar-refractivity contribution is 0.0794. The van der Waals surface area contributed by atoms with Crippen molar-refractivity contribution in [2.45, 2.75) is 20.4 Å². The Bertz CT molecular complexity index is 1060. The van der Waals surface area contributed by atoms with E-state index in [0.29, 0.717) is 22.7 Å². The van der Waals surface area contributed by atoms with E-state index in [4.69, 9.17) is 4.42 Å². The van der Waals surface area contributed by atoms with Crippen LogP contribution in [0.25, 0.3) is 0 Å². The van der Waals surface area contributed by atoms with Gasteiger partial charge in [0.2, 0.25) is 0 Å². The second kappa shape index (κ2) is 7.75. The van der Waals surface area contributed by atoms with Gasteiger partial charge in [-0.05, 0) is 38.1 Å². The molecule has 0 atom stereocenters. The monoisotopic (exact) mass is 383 g/mol. The van der Waals surface area contributed by atoms with Crippen LogP contribution >= 0.6 is 11.3 Å². The van der Waals surface area contributed by atoms with Crippen molar-refractivity contribution < 1.29 is 14.0 Å². The predicted octanol–water partition coefficient (Wildman–Crippen LogP) is 3.25. The molecular weight excluding hydrogens is 362 g/mol. The summed E-state index contributed by atoms with van der Waals surface area (Å²) in [6, 6.07) is 10.8. The number of nitrogens with zero attached hydrogens (tertiary/aromatic N) is 3. The summed E-state index contributed by atoms with van der Waals surface area (Å²) in [5.74, 6) is 0.448. The average Bonchev–Trinajstić information content (AvgIpc) is 3.21. The third-order valence-electron chi connectivity index (χ3n) is 3.90. The first-order valence-electron chi connectivity index (χ1n) is 8.46. The van der Waals surface area contributed by atoms with E-state index in [-0.39, 0.29) is 17.6 Å². The lowest BCUT2D eigenvalue weighted by atomic mass is 10.1. The van der Waals surface area contributed by atoms with Crippen LogP contribution in [-0.4, -0.2) is 35.4 Å². The van der Waals surface area contributed by atoms with Crippen molar-refractivity contribution >= 4 is 23.2 Å². The van der Waals surface area contributed by atoms with Crippen LogP contribution in [0.4, 0.5) is 0 Å². The van der Waals surface area contributed by atoms with Gasteiger partial charge in [-0.1, -0.05) is 17.7 Å². The molecule has 0 unspecified atom stereocenters. The van der Waals surface area contributed by atoms with Crippen molar-refractivity contribution in [1.82, 2.24) is 9.47 Å². The standard InChI is InChI=1S/C20H21N3O3S/c1-13-6-5-7-15(10-13)18(24)21-20-23(11-14(2)27-20)12-16-8-9-17(26-16)19(25)22(3)4/h5-11H,12H2,1-4H3. The molecule has 0 aliphatic rings. The highest BCUT2D eigenvalue weighted by Gasteiger charge is 2.14. The quantitative estimate of drug-likeness (QED) is 0.694. The van der Waals surface area contributed by atoms with E-state index < -0.39 is 0 Å². The van der Waals surface area contributed by atoms with Crippen molar-refractivity contribution in [1.29, 1.82) is 0 Å². The Labute approximate surface area is 161 Å². The molecule has 0 radical (unpaired) electrons. The van der Waals surface area contributed by atoms with Crippen molar-refractivity contribution in [2.75, 3.05) is 14.1 Å². The molecule has 2 amide bonds. The minimum absolute atomic E-state index is 0.188. The van der Waals surface area contributed by atoms with Crippen molar-refractivity contribution in [2.24, 2.45) is 4.99 Å². The topological polar surface area (TPSA) is 67.8 Å². The maximum absolute atomic E-state index is 12.5. The van der Waals surface area contributed by atoms with Gasteiger partial charge in [-0.15, -0.1) is 11.3 Å². The van der Waals surface area contributed by atoms with Gasteiger partial charge in [0.1, 0.15) is 5.76 Å². The Kier molecular flexibility index (Phi) is 5.41. The second-order valence-corrected chi connectivity index (χ2v) is 7.72. The normalized spacial score (nSPS) is 11.6. The Morgan fingerprint density at radius 3 is 2.67 bits per heavy atom. The number of furan rings is 1. The number of rotatable bonds is 4. The number of amides is 2. The number of aromatic nitrogens is 1. The predicted molar refractivity (Wildman–Crippen MR) is 104 cm³/mol. The molecule has 0 saturated heterocycles. The maximum Gasteiger partial charge on any atom is 0.289 e. The maximum atomic E-state index is 12.5. The fraction of sp³-hybridized carbons (Fsp3) is 0.250. The number of hydrogen-bond acceptors (Lipinski definition) is 4. The van der Waals surface area contributed by atoms with E-state index in [0.717, 1.165) is 10.4 Å². The highest BCUT2D eigenvalue weighted by atomic mass is 32.1. The first kappa shape index (κ1) is 18.8. The molecule has 2 heterocycles. The molecule has 27 heavy (non-hydrogen) atoms. The number of benzene rings is 1. The molecule has 140 valence electrons. The van der Waals surface area contributed by atoms with Crippen molar-refractivity contribution in [3.05, 3.63) is 74.9 Å². The largest absolute Gasteiger partial charge is 0.454 e. The average molecular weight is 383 g/mol. The molecular formula is C20H21N3O3S. The van der Waals surface area contributed by atoms with Crippen LogP contribution in [0.1, 0.15) is 37.1 Å². The van der Waals surface area contributed by atoms with E-state index in [2.05, 4.69) is 4.99 Å². The highest BCUT2D eigenvalue weighted by Crippen LogP contribution is 2.12. The molecule has 6 nitrogen and oxygen atoms in total. The highest BCUT2D eigenvalue weighted by molar-refractivity contribution is 7.09. The van der Waals surface area contributed by atoms with Gasteiger partial charge in [-0.2, -0.15) is 4.99 Å². The van der Waals surface area contributed by atoms with E-state index in [1.165, 1.54) is 16.2 Å². The molecule has 0 bridgehead atoms. The molecule has 0 aliphatic heterocycles. The summed E-state index contributed by atoms with van der Waals surface area (Å²) in [4.78, 5) is 31.8. The van der Waals surface area contributed by atoms with Gasteiger partial charge >= 0.3 is 0 Å². The summed E-state index contributed by atoms with van der Waals surface area (Å²) >= 11 is 1.44. The molecule has 0 aliphatic carbocycles. The lowest BCUT2D eigenvalue weighted by Gasteiger charge is -2.06. The van der Waals surface area contributed by atoms with E-state index >= 15 is 0 Å². The van der Waals surface area contributed by atoms with Gasteiger partial charge in [-0.25, -0.2) is 0 Å². The number of thiazole rings is 1. The van der Waals surface area contributed by atoms with E-state index in [1.807, 2.05) is 42.8 Å². The van der Waals surface area contributed by atoms with Gasteiger partial charge in [0.15, 0.2) is 10.6 Å². The van der Waals surface area contributed by atoms with Crippen LogP contribution in [-0.2, 0) is 6.54 Å². The smallest absolute Gasteiger partial charge is 0.289 e.